The van der Waals surface area contributed by atoms with Crippen LogP contribution in [0.25, 0.3) is 10.9 Å². The zero-order valence-corrected chi connectivity index (χ0v) is 11.5. The van der Waals surface area contributed by atoms with Crippen molar-refractivity contribution in [2.45, 2.75) is 20.3 Å². The van der Waals surface area contributed by atoms with Crippen LogP contribution in [0, 0.1) is 6.92 Å². The molecule has 0 atom stereocenters. The van der Waals surface area contributed by atoms with Gasteiger partial charge in [0.1, 0.15) is 0 Å². The molecule has 2 aromatic rings. The van der Waals surface area contributed by atoms with E-state index in [-0.39, 0.29) is 12.5 Å². The summed E-state index contributed by atoms with van der Waals surface area (Å²) in [5.74, 6) is -0.197. The number of esters is 1. The van der Waals surface area contributed by atoms with Crippen LogP contribution in [-0.2, 0) is 16.0 Å². The third-order valence-corrected chi connectivity index (χ3v) is 3.07. The Morgan fingerprint density at radius 3 is 3.05 bits per heavy atom. The number of carbonyl (C=O) groups excluding carboxylic acids is 1. The Hall–Kier alpha value is -1.81. The minimum atomic E-state index is -0.197. The first-order valence-corrected chi connectivity index (χ1v) is 6.63. The van der Waals surface area contributed by atoms with Gasteiger partial charge in [-0.15, -0.1) is 0 Å². The lowest BCUT2D eigenvalue weighted by molar-refractivity contribution is -0.141. The van der Waals surface area contributed by atoms with Crippen LogP contribution in [0.5, 0.6) is 0 Å². The third kappa shape index (κ3) is 3.58. The van der Waals surface area contributed by atoms with E-state index < -0.39 is 0 Å². The van der Waals surface area contributed by atoms with E-state index >= 15 is 0 Å². The molecule has 0 saturated carbocycles. The SMILES string of the molecule is CCOC(=O)CNCCc1c[nH]c2ccc(C)cc12. The molecule has 2 N–H and O–H groups in total. The van der Waals surface area contributed by atoms with Gasteiger partial charge in [-0.25, -0.2) is 0 Å². The highest BCUT2D eigenvalue weighted by atomic mass is 16.5. The highest BCUT2D eigenvalue weighted by molar-refractivity contribution is 5.83. The Morgan fingerprint density at radius 1 is 1.42 bits per heavy atom. The largest absolute Gasteiger partial charge is 0.465 e. The molecular formula is C15H20N2O2. The molecule has 0 bridgehead atoms. The molecule has 2 rings (SSSR count). The Morgan fingerprint density at radius 2 is 2.26 bits per heavy atom. The van der Waals surface area contributed by atoms with Crippen molar-refractivity contribution in [2.75, 3.05) is 19.7 Å². The van der Waals surface area contributed by atoms with Crippen molar-refractivity contribution in [3.63, 3.8) is 0 Å². The molecule has 0 aliphatic carbocycles. The third-order valence-electron chi connectivity index (χ3n) is 3.07. The number of hydrogen-bond acceptors (Lipinski definition) is 3. The average molecular weight is 260 g/mol. The molecule has 0 unspecified atom stereocenters. The van der Waals surface area contributed by atoms with Crippen LogP contribution in [0.4, 0.5) is 0 Å². The van der Waals surface area contributed by atoms with E-state index in [1.54, 1.807) is 0 Å². The highest BCUT2D eigenvalue weighted by Crippen LogP contribution is 2.19. The quantitative estimate of drug-likeness (QED) is 0.618. The van der Waals surface area contributed by atoms with E-state index in [0.29, 0.717) is 6.61 Å². The molecule has 0 aliphatic heterocycles. The molecule has 0 saturated heterocycles. The lowest BCUT2D eigenvalue weighted by Crippen LogP contribution is -2.26. The first-order chi connectivity index (χ1) is 9.20. The number of aryl methyl sites for hydroxylation is 1. The molecule has 0 radical (unpaired) electrons. The number of hydrogen-bond donors (Lipinski definition) is 2. The standard InChI is InChI=1S/C15H20N2O2/c1-3-19-15(18)10-16-7-6-12-9-17-14-5-4-11(2)8-13(12)14/h4-5,8-9,16-17H,3,6-7,10H2,1-2H3. The Balaban J connectivity index is 1.88. The summed E-state index contributed by atoms with van der Waals surface area (Å²) in [6.45, 7) is 5.37. The summed E-state index contributed by atoms with van der Waals surface area (Å²) in [5.41, 5.74) is 3.69. The molecule has 4 nitrogen and oxygen atoms in total. The number of aromatic amines is 1. The fourth-order valence-corrected chi connectivity index (χ4v) is 2.12. The molecule has 4 heteroatoms. The number of ether oxygens (including phenoxy) is 1. The summed E-state index contributed by atoms with van der Waals surface area (Å²) in [6.07, 6.45) is 2.93. The minimum Gasteiger partial charge on any atom is -0.465 e. The molecule has 102 valence electrons. The zero-order chi connectivity index (χ0) is 13.7. The van der Waals surface area contributed by atoms with E-state index in [9.17, 15) is 4.79 Å². The molecule has 0 amide bonds. The maximum atomic E-state index is 11.2. The highest BCUT2D eigenvalue weighted by Gasteiger charge is 2.04. The van der Waals surface area contributed by atoms with Gasteiger partial charge in [0.05, 0.1) is 13.2 Å². The number of rotatable bonds is 6. The molecule has 0 spiro atoms. The number of aromatic nitrogens is 1. The van der Waals surface area contributed by atoms with E-state index in [4.69, 9.17) is 4.74 Å². The summed E-state index contributed by atoms with van der Waals surface area (Å²) in [6, 6.07) is 6.38. The fourth-order valence-electron chi connectivity index (χ4n) is 2.12. The van der Waals surface area contributed by atoms with Gasteiger partial charge >= 0.3 is 5.97 Å². The van der Waals surface area contributed by atoms with Crippen molar-refractivity contribution >= 4 is 16.9 Å². The second-order valence-electron chi connectivity index (χ2n) is 4.59. The Kier molecular flexibility index (Phi) is 4.58. The van der Waals surface area contributed by atoms with Crippen LogP contribution in [0.15, 0.2) is 24.4 Å². The number of H-pyrrole nitrogens is 1. The fraction of sp³-hybridized carbons (Fsp3) is 0.400. The normalized spacial score (nSPS) is 10.8. The van der Waals surface area contributed by atoms with Crippen molar-refractivity contribution in [3.05, 3.63) is 35.5 Å². The van der Waals surface area contributed by atoms with Gasteiger partial charge in [-0.05, 0) is 44.5 Å². The summed E-state index contributed by atoms with van der Waals surface area (Å²) >= 11 is 0. The molecule has 1 aromatic heterocycles. The van der Waals surface area contributed by atoms with Crippen LogP contribution >= 0.6 is 0 Å². The number of nitrogens with one attached hydrogen (secondary N) is 2. The van der Waals surface area contributed by atoms with Crippen molar-refractivity contribution in [1.82, 2.24) is 10.3 Å². The van der Waals surface area contributed by atoms with Crippen LogP contribution < -0.4 is 5.32 Å². The van der Waals surface area contributed by atoms with Crippen molar-refractivity contribution in [3.8, 4) is 0 Å². The van der Waals surface area contributed by atoms with Gasteiger partial charge in [0.25, 0.3) is 0 Å². The number of benzene rings is 1. The van der Waals surface area contributed by atoms with Crippen LogP contribution in [-0.4, -0.2) is 30.6 Å². The second-order valence-corrected chi connectivity index (χ2v) is 4.59. The number of fused-ring (bicyclic) bond motifs is 1. The van der Waals surface area contributed by atoms with Gasteiger partial charge in [-0.3, -0.25) is 4.79 Å². The zero-order valence-electron chi connectivity index (χ0n) is 11.5. The molecule has 1 heterocycles. The molecular weight excluding hydrogens is 240 g/mol. The predicted molar refractivity (Wildman–Crippen MR) is 76.2 cm³/mol. The van der Waals surface area contributed by atoms with Gasteiger partial charge in [0, 0.05) is 17.1 Å². The smallest absolute Gasteiger partial charge is 0.319 e. The van der Waals surface area contributed by atoms with Gasteiger partial charge in [-0.1, -0.05) is 11.6 Å². The summed E-state index contributed by atoms with van der Waals surface area (Å²) in [4.78, 5) is 14.4. The lowest BCUT2D eigenvalue weighted by atomic mass is 10.1. The summed E-state index contributed by atoms with van der Waals surface area (Å²) in [7, 11) is 0. The molecule has 1 aromatic carbocycles. The van der Waals surface area contributed by atoms with Crippen LogP contribution in [0.2, 0.25) is 0 Å². The Labute approximate surface area is 113 Å². The average Bonchev–Trinajstić information content (AvgIpc) is 2.77. The van der Waals surface area contributed by atoms with Crippen molar-refractivity contribution < 1.29 is 9.53 Å². The maximum absolute atomic E-state index is 11.2. The van der Waals surface area contributed by atoms with Gasteiger partial charge in [0.2, 0.25) is 0 Å². The maximum Gasteiger partial charge on any atom is 0.319 e. The minimum absolute atomic E-state index is 0.197. The van der Waals surface area contributed by atoms with Gasteiger partial charge in [0.15, 0.2) is 0 Å². The van der Waals surface area contributed by atoms with Crippen LogP contribution in [0.3, 0.4) is 0 Å². The second kappa shape index (κ2) is 6.38. The summed E-state index contributed by atoms with van der Waals surface area (Å²) < 4.78 is 4.86. The first kappa shape index (κ1) is 13.6. The van der Waals surface area contributed by atoms with Crippen LogP contribution in [0.1, 0.15) is 18.1 Å². The van der Waals surface area contributed by atoms with Gasteiger partial charge < -0.3 is 15.0 Å². The predicted octanol–water partition coefficient (Wildman–Crippen LogP) is 2.17. The molecule has 0 fully saturated rings. The van der Waals surface area contributed by atoms with E-state index in [1.165, 1.54) is 16.5 Å². The first-order valence-electron chi connectivity index (χ1n) is 6.63. The topological polar surface area (TPSA) is 54.1 Å². The Bertz CT molecular complexity index is 560. The lowest BCUT2D eigenvalue weighted by Gasteiger charge is -2.04. The molecule has 19 heavy (non-hydrogen) atoms. The van der Waals surface area contributed by atoms with E-state index in [1.807, 2.05) is 13.1 Å². The van der Waals surface area contributed by atoms with Crippen molar-refractivity contribution in [1.29, 1.82) is 0 Å². The monoisotopic (exact) mass is 260 g/mol. The molecule has 0 aliphatic rings. The van der Waals surface area contributed by atoms with Crippen molar-refractivity contribution in [2.24, 2.45) is 0 Å². The summed E-state index contributed by atoms with van der Waals surface area (Å²) in [5, 5.41) is 4.36. The van der Waals surface area contributed by atoms with E-state index in [0.717, 1.165) is 18.5 Å². The number of carbonyl (C=O) groups is 1. The van der Waals surface area contributed by atoms with E-state index in [2.05, 4.69) is 35.4 Å². The van der Waals surface area contributed by atoms with Gasteiger partial charge in [-0.2, -0.15) is 0 Å².